The SMILES string of the molecule is C[C@H]1[C@@H](c2cc(F)cc(CF)c2)OC(=O)N1C(=O)CCc1cncc2ccccc12. The van der Waals surface area contributed by atoms with Crippen molar-refractivity contribution >= 4 is 22.8 Å². The molecule has 4 rings (SSSR count). The maximum Gasteiger partial charge on any atom is 0.417 e. The van der Waals surface area contributed by atoms with Crippen LogP contribution < -0.4 is 0 Å². The zero-order valence-electron chi connectivity index (χ0n) is 16.3. The average molecular weight is 410 g/mol. The van der Waals surface area contributed by atoms with E-state index in [4.69, 9.17) is 4.74 Å². The van der Waals surface area contributed by atoms with Crippen LogP contribution in [0.1, 0.15) is 36.1 Å². The van der Waals surface area contributed by atoms with E-state index in [1.165, 1.54) is 12.1 Å². The molecule has 1 fully saturated rings. The molecule has 0 unspecified atom stereocenters. The van der Waals surface area contributed by atoms with Gasteiger partial charge >= 0.3 is 6.09 Å². The van der Waals surface area contributed by atoms with E-state index in [0.717, 1.165) is 27.3 Å². The highest BCUT2D eigenvalue weighted by Gasteiger charge is 2.43. The fourth-order valence-electron chi connectivity index (χ4n) is 3.90. The molecule has 0 N–H and O–H groups in total. The molecule has 2 heterocycles. The van der Waals surface area contributed by atoms with Crippen molar-refractivity contribution in [3.63, 3.8) is 0 Å². The highest BCUT2D eigenvalue weighted by atomic mass is 19.1. The molecular formula is C23H20F2N2O3. The summed E-state index contributed by atoms with van der Waals surface area (Å²) in [6.07, 6.45) is 2.37. The van der Waals surface area contributed by atoms with Gasteiger partial charge in [0.15, 0.2) is 0 Å². The fourth-order valence-corrected chi connectivity index (χ4v) is 3.90. The smallest absolute Gasteiger partial charge is 0.417 e. The lowest BCUT2D eigenvalue weighted by molar-refractivity contribution is -0.129. The number of fused-ring (bicyclic) bond motifs is 1. The Morgan fingerprint density at radius 2 is 2.00 bits per heavy atom. The first-order valence-corrected chi connectivity index (χ1v) is 9.67. The van der Waals surface area contributed by atoms with E-state index in [1.54, 1.807) is 19.3 Å². The van der Waals surface area contributed by atoms with Gasteiger partial charge in [-0.3, -0.25) is 9.78 Å². The molecule has 1 aromatic heterocycles. The van der Waals surface area contributed by atoms with Gasteiger partial charge in [-0.1, -0.05) is 24.3 Å². The molecule has 0 aliphatic carbocycles. The summed E-state index contributed by atoms with van der Waals surface area (Å²) in [5.41, 5.74) is 1.40. The molecule has 0 radical (unpaired) electrons. The highest BCUT2D eigenvalue weighted by Crippen LogP contribution is 2.34. The van der Waals surface area contributed by atoms with Crippen molar-refractivity contribution in [2.24, 2.45) is 0 Å². The molecular weight excluding hydrogens is 390 g/mol. The number of hydrogen-bond acceptors (Lipinski definition) is 4. The largest absolute Gasteiger partial charge is 0.439 e. The molecule has 2 aromatic carbocycles. The van der Waals surface area contributed by atoms with E-state index in [-0.39, 0.29) is 17.9 Å². The number of aromatic nitrogens is 1. The third kappa shape index (κ3) is 3.75. The van der Waals surface area contributed by atoms with Crippen LogP contribution in [0.2, 0.25) is 0 Å². The van der Waals surface area contributed by atoms with Crippen molar-refractivity contribution in [2.75, 3.05) is 0 Å². The Bertz CT molecular complexity index is 1110. The lowest BCUT2D eigenvalue weighted by atomic mass is 10.00. The minimum Gasteiger partial charge on any atom is -0.439 e. The fraction of sp³-hybridized carbons (Fsp3) is 0.261. The van der Waals surface area contributed by atoms with Crippen molar-refractivity contribution in [3.8, 4) is 0 Å². The first kappa shape index (κ1) is 19.9. The minimum absolute atomic E-state index is 0.0979. The zero-order chi connectivity index (χ0) is 21.3. The summed E-state index contributed by atoms with van der Waals surface area (Å²) in [5, 5.41) is 1.99. The van der Waals surface area contributed by atoms with Gasteiger partial charge in [-0.25, -0.2) is 18.5 Å². The summed E-state index contributed by atoms with van der Waals surface area (Å²) in [4.78, 5) is 30.5. The van der Waals surface area contributed by atoms with Crippen LogP contribution in [0.3, 0.4) is 0 Å². The number of carbonyl (C=O) groups is 2. The van der Waals surface area contributed by atoms with E-state index >= 15 is 0 Å². The van der Waals surface area contributed by atoms with Gasteiger partial charge in [-0.2, -0.15) is 0 Å². The van der Waals surface area contributed by atoms with Gasteiger partial charge in [0.25, 0.3) is 0 Å². The molecule has 154 valence electrons. The molecule has 30 heavy (non-hydrogen) atoms. The van der Waals surface area contributed by atoms with Crippen molar-refractivity contribution in [3.05, 3.63) is 77.4 Å². The Kier molecular flexibility index (Phi) is 5.44. The van der Waals surface area contributed by atoms with Crippen LogP contribution in [0.5, 0.6) is 0 Å². The average Bonchev–Trinajstić information content (AvgIpc) is 3.05. The van der Waals surface area contributed by atoms with Crippen LogP contribution in [0.15, 0.2) is 54.9 Å². The van der Waals surface area contributed by atoms with Crippen LogP contribution in [0.4, 0.5) is 13.6 Å². The van der Waals surface area contributed by atoms with Gasteiger partial charge in [0, 0.05) is 24.2 Å². The number of aryl methyl sites for hydroxylation is 1. The number of ether oxygens (including phenoxy) is 1. The highest BCUT2D eigenvalue weighted by molar-refractivity contribution is 5.94. The zero-order valence-corrected chi connectivity index (χ0v) is 16.3. The molecule has 1 aliphatic rings. The molecule has 0 saturated carbocycles. The maximum atomic E-state index is 13.8. The molecule has 7 heteroatoms. The van der Waals surface area contributed by atoms with E-state index in [2.05, 4.69) is 4.98 Å². The molecule has 0 bridgehead atoms. The Morgan fingerprint density at radius 1 is 1.20 bits per heavy atom. The van der Waals surface area contributed by atoms with Gasteiger partial charge in [-0.05, 0) is 53.6 Å². The molecule has 1 saturated heterocycles. The number of nitrogens with zero attached hydrogens (tertiary/aromatic N) is 2. The lowest BCUT2D eigenvalue weighted by Crippen LogP contribution is -2.37. The first-order chi connectivity index (χ1) is 14.5. The van der Waals surface area contributed by atoms with E-state index in [0.29, 0.717) is 12.0 Å². The van der Waals surface area contributed by atoms with Crippen molar-refractivity contribution in [1.29, 1.82) is 0 Å². The van der Waals surface area contributed by atoms with Gasteiger partial charge < -0.3 is 4.74 Å². The lowest BCUT2D eigenvalue weighted by Gasteiger charge is -2.20. The van der Waals surface area contributed by atoms with Gasteiger partial charge in [-0.15, -0.1) is 0 Å². The predicted octanol–water partition coefficient (Wildman–Crippen LogP) is 4.88. The number of rotatable bonds is 5. The number of benzene rings is 2. The number of pyridine rings is 1. The van der Waals surface area contributed by atoms with Gasteiger partial charge in [0.05, 0.1) is 6.04 Å². The summed E-state index contributed by atoms with van der Waals surface area (Å²) in [7, 11) is 0. The predicted molar refractivity (Wildman–Crippen MR) is 107 cm³/mol. The normalized spacial score (nSPS) is 18.6. The molecule has 2 atom stereocenters. The molecule has 1 aliphatic heterocycles. The molecule has 2 amide bonds. The van der Waals surface area contributed by atoms with Crippen LogP contribution in [-0.2, 0) is 22.6 Å². The van der Waals surface area contributed by atoms with Crippen molar-refractivity contribution < 1.29 is 23.1 Å². The summed E-state index contributed by atoms with van der Waals surface area (Å²) >= 11 is 0. The minimum atomic E-state index is -0.846. The van der Waals surface area contributed by atoms with E-state index in [1.807, 2.05) is 24.3 Å². The number of alkyl halides is 1. The Hall–Kier alpha value is -3.35. The summed E-state index contributed by atoms with van der Waals surface area (Å²) in [5.74, 6) is -0.998. The molecule has 5 nitrogen and oxygen atoms in total. The van der Waals surface area contributed by atoms with Crippen molar-refractivity contribution in [1.82, 2.24) is 9.88 Å². The van der Waals surface area contributed by atoms with E-state index < -0.39 is 30.7 Å². The number of carbonyl (C=O) groups excluding carboxylic acids is 2. The summed E-state index contributed by atoms with van der Waals surface area (Å²) in [6, 6.07) is 10.9. The molecule has 3 aromatic rings. The third-order valence-electron chi connectivity index (χ3n) is 5.36. The number of amides is 2. The monoisotopic (exact) mass is 410 g/mol. The third-order valence-corrected chi connectivity index (χ3v) is 5.36. The molecule has 0 spiro atoms. The van der Waals surface area contributed by atoms with Crippen LogP contribution >= 0.6 is 0 Å². The maximum absolute atomic E-state index is 13.8. The number of hydrogen-bond donors (Lipinski definition) is 0. The van der Waals surface area contributed by atoms with E-state index in [9.17, 15) is 18.4 Å². The summed E-state index contributed by atoms with van der Waals surface area (Å²) < 4.78 is 32.1. The second-order valence-corrected chi connectivity index (χ2v) is 7.35. The van der Waals surface area contributed by atoms with Crippen LogP contribution in [-0.4, -0.2) is 27.9 Å². The van der Waals surface area contributed by atoms with Gasteiger partial charge in [0.1, 0.15) is 18.6 Å². The van der Waals surface area contributed by atoms with Crippen LogP contribution in [0, 0.1) is 5.82 Å². The Morgan fingerprint density at radius 3 is 2.80 bits per heavy atom. The standard InChI is InChI=1S/C23H20F2N2O3/c1-14-22(18-8-15(11-24)9-19(25)10-18)30-23(29)27(14)21(28)7-6-17-13-26-12-16-4-2-3-5-20(16)17/h2-5,8-10,12-14,22H,6-7,11H2,1H3/t14-,22-/m0/s1. The summed E-state index contributed by atoms with van der Waals surface area (Å²) in [6.45, 7) is 0.828. The first-order valence-electron chi connectivity index (χ1n) is 9.67. The second kappa shape index (κ2) is 8.18. The van der Waals surface area contributed by atoms with Crippen LogP contribution in [0.25, 0.3) is 10.8 Å². The Balaban J connectivity index is 1.50. The second-order valence-electron chi connectivity index (χ2n) is 7.35. The number of cyclic esters (lactones) is 1. The Labute approximate surface area is 172 Å². The topological polar surface area (TPSA) is 59.5 Å². The quantitative estimate of drug-likeness (QED) is 0.601. The van der Waals surface area contributed by atoms with Crippen molar-refractivity contribution in [2.45, 2.75) is 38.6 Å². The number of imide groups is 1. The number of halogens is 2. The van der Waals surface area contributed by atoms with Gasteiger partial charge in [0.2, 0.25) is 5.91 Å².